The fourth-order valence-corrected chi connectivity index (χ4v) is 3.87. The zero-order valence-electron chi connectivity index (χ0n) is 12.9. The molecule has 0 heterocycles. The SMILES string of the molecule is CC(=O)N(CCNS(=O)(=O)c1ccccc1Cl)c1cccc(Cl)c1. The number of carbonyl (C=O) groups excluding carboxylic acids is 1. The zero-order valence-corrected chi connectivity index (χ0v) is 15.2. The van der Waals surface area contributed by atoms with Gasteiger partial charge in [0.2, 0.25) is 15.9 Å². The number of nitrogens with one attached hydrogen (secondary N) is 1. The van der Waals surface area contributed by atoms with E-state index >= 15 is 0 Å². The number of hydrogen-bond donors (Lipinski definition) is 1. The van der Waals surface area contributed by atoms with Gasteiger partial charge in [-0.25, -0.2) is 13.1 Å². The van der Waals surface area contributed by atoms with E-state index < -0.39 is 10.0 Å². The van der Waals surface area contributed by atoms with E-state index in [1.54, 1.807) is 36.4 Å². The summed E-state index contributed by atoms with van der Waals surface area (Å²) in [6.07, 6.45) is 0. The number of nitrogens with zero attached hydrogens (tertiary/aromatic N) is 1. The van der Waals surface area contributed by atoms with E-state index in [2.05, 4.69) is 4.72 Å². The van der Waals surface area contributed by atoms with Gasteiger partial charge in [0.1, 0.15) is 4.90 Å². The summed E-state index contributed by atoms with van der Waals surface area (Å²) in [5.41, 5.74) is 0.604. The van der Waals surface area contributed by atoms with Crippen LogP contribution in [-0.4, -0.2) is 27.4 Å². The summed E-state index contributed by atoms with van der Waals surface area (Å²) in [5.74, 6) is -0.214. The highest BCUT2D eigenvalue weighted by molar-refractivity contribution is 7.89. The summed E-state index contributed by atoms with van der Waals surface area (Å²) in [5, 5.41) is 0.638. The van der Waals surface area contributed by atoms with E-state index in [0.717, 1.165) is 0 Å². The highest BCUT2D eigenvalue weighted by Gasteiger charge is 2.18. The van der Waals surface area contributed by atoms with Crippen LogP contribution in [0.3, 0.4) is 0 Å². The van der Waals surface area contributed by atoms with Crippen LogP contribution < -0.4 is 9.62 Å². The second kappa shape index (κ2) is 7.98. The average Bonchev–Trinajstić information content (AvgIpc) is 2.51. The molecule has 0 aliphatic carbocycles. The maximum absolute atomic E-state index is 12.3. The fourth-order valence-electron chi connectivity index (χ4n) is 2.14. The van der Waals surface area contributed by atoms with Crippen molar-refractivity contribution in [2.75, 3.05) is 18.0 Å². The van der Waals surface area contributed by atoms with E-state index in [9.17, 15) is 13.2 Å². The average molecular weight is 387 g/mol. The molecule has 1 N–H and O–H groups in total. The van der Waals surface area contributed by atoms with Crippen molar-refractivity contribution in [3.63, 3.8) is 0 Å². The normalized spacial score (nSPS) is 11.3. The highest BCUT2D eigenvalue weighted by Crippen LogP contribution is 2.21. The molecule has 0 unspecified atom stereocenters. The number of benzene rings is 2. The first-order valence-electron chi connectivity index (χ1n) is 7.09. The Labute approximate surface area is 151 Å². The molecular weight excluding hydrogens is 371 g/mol. The van der Waals surface area contributed by atoms with Gasteiger partial charge in [-0.2, -0.15) is 0 Å². The van der Waals surface area contributed by atoms with Crippen molar-refractivity contribution in [3.8, 4) is 0 Å². The predicted molar refractivity (Wildman–Crippen MR) is 96.1 cm³/mol. The lowest BCUT2D eigenvalue weighted by molar-refractivity contribution is -0.116. The van der Waals surface area contributed by atoms with Gasteiger partial charge < -0.3 is 4.90 Å². The number of halogens is 2. The second-order valence-corrected chi connectivity index (χ2v) is 7.56. The van der Waals surface area contributed by atoms with Gasteiger partial charge in [0, 0.05) is 30.7 Å². The summed E-state index contributed by atoms with van der Waals surface area (Å²) in [6.45, 7) is 1.61. The Morgan fingerprint density at radius 3 is 2.46 bits per heavy atom. The summed E-state index contributed by atoms with van der Waals surface area (Å²) in [7, 11) is -3.75. The molecule has 0 atom stereocenters. The van der Waals surface area contributed by atoms with Crippen LogP contribution in [0.1, 0.15) is 6.92 Å². The van der Waals surface area contributed by atoms with Gasteiger partial charge in [-0.15, -0.1) is 0 Å². The Morgan fingerprint density at radius 1 is 1.12 bits per heavy atom. The lowest BCUT2D eigenvalue weighted by Gasteiger charge is -2.21. The van der Waals surface area contributed by atoms with Gasteiger partial charge in [0.05, 0.1) is 5.02 Å². The minimum absolute atomic E-state index is 0.00352. The minimum Gasteiger partial charge on any atom is -0.311 e. The molecule has 24 heavy (non-hydrogen) atoms. The summed E-state index contributed by atoms with van der Waals surface area (Å²) >= 11 is 11.8. The number of anilines is 1. The van der Waals surface area contributed by atoms with E-state index in [0.29, 0.717) is 10.7 Å². The Bertz CT molecular complexity index is 841. The molecule has 8 heteroatoms. The minimum atomic E-state index is -3.75. The molecule has 2 aromatic rings. The van der Waals surface area contributed by atoms with Crippen molar-refractivity contribution < 1.29 is 13.2 Å². The molecule has 128 valence electrons. The fraction of sp³-hybridized carbons (Fsp3) is 0.188. The third kappa shape index (κ3) is 4.70. The van der Waals surface area contributed by atoms with Crippen molar-refractivity contribution >= 4 is 44.8 Å². The van der Waals surface area contributed by atoms with E-state index in [1.165, 1.54) is 24.0 Å². The van der Waals surface area contributed by atoms with Gasteiger partial charge in [0.25, 0.3) is 0 Å². The van der Waals surface area contributed by atoms with Crippen molar-refractivity contribution in [2.24, 2.45) is 0 Å². The van der Waals surface area contributed by atoms with Gasteiger partial charge in [-0.05, 0) is 30.3 Å². The molecular formula is C16H16Cl2N2O3S. The summed E-state index contributed by atoms with van der Waals surface area (Å²) < 4.78 is 27.0. The van der Waals surface area contributed by atoms with Gasteiger partial charge >= 0.3 is 0 Å². The van der Waals surface area contributed by atoms with Crippen molar-refractivity contribution in [1.82, 2.24) is 4.72 Å². The number of hydrogen-bond acceptors (Lipinski definition) is 3. The molecule has 0 bridgehead atoms. The highest BCUT2D eigenvalue weighted by atomic mass is 35.5. The van der Waals surface area contributed by atoms with Crippen LogP contribution >= 0.6 is 23.2 Å². The lowest BCUT2D eigenvalue weighted by Crippen LogP contribution is -2.37. The van der Waals surface area contributed by atoms with Crippen LogP contribution in [0.25, 0.3) is 0 Å². The monoisotopic (exact) mass is 386 g/mol. The Morgan fingerprint density at radius 2 is 1.83 bits per heavy atom. The van der Waals surface area contributed by atoms with E-state index in [-0.39, 0.29) is 28.9 Å². The molecule has 0 saturated heterocycles. The quantitative estimate of drug-likeness (QED) is 0.827. The Hall–Kier alpha value is -1.60. The first-order chi connectivity index (χ1) is 11.3. The molecule has 0 spiro atoms. The number of carbonyl (C=O) groups is 1. The topological polar surface area (TPSA) is 66.5 Å². The third-order valence-electron chi connectivity index (χ3n) is 3.25. The Kier molecular flexibility index (Phi) is 6.23. The van der Waals surface area contributed by atoms with Gasteiger partial charge in [0.15, 0.2) is 0 Å². The molecule has 0 radical (unpaired) electrons. The molecule has 2 aromatic carbocycles. The molecule has 0 fully saturated rings. The van der Waals surface area contributed by atoms with Crippen LogP contribution in [-0.2, 0) is 14.8 Å². The Balaban J connectivity index is 2.08. The van der Waals surface area contributed by atoms with Gasteiger partial charge in [-0.1, -0.05) is 41.4 Å². The maximum atomic E-state index is 12.3. The molecule has 2 rings (SSSR count). The van der Waals surface area contributed by atoms with Crippen molar-refractivity contribution in [3.05, 3.63) is 58.6 Å². The second-order valence-electron chi connectivity index (χ2n) is 4.98. The molecule has 5 nitrogen and oxygen atoms in total. The van der Waals surface area contributed by atoms with E-state index in [1.807, 2.05) is 0 Å². The van der Waals surface area contributed by atoms with Crippen molar-refractivity contribution in [2.45, 2.75) is 11.8 Å². The van der Waals surface area contributed by atoms with Gasteiger partial charge in [-0.3, -0.25) is 4.79 Å². The smallest absolute Gasteiger partial charge is 0.242 e. The van der Waals surface area contributed by atoms with Crippen LogP contribution in [0.2, 0.25) is 10.0 Å². The lowest BCUT2D eigenvalue weighted by atomic mass is 10.3. The largest absolute Gasteiger partial charge is 0.311 e. The molecule has 1 amide bonds. The van der Waals surface area contributed by atoms with E-state index in [4.69, 9.17) is 23.2 Å². The third-order valence-corrected chi connectivity index (χ3v) is 5.45. The zero-order chi connectivity index (χ0) is 17.7. The van der Waals surface area contributed by atoms with Crippen LogP contribution in [0.15, 0.2) is 53.4 Å². The summed E-state index contributed by atoms with van der Waals surface area (Å²) in [6, 6.07) is 13.0. The van der Waals surface area contributed by atoms with Crippen LogP contribution in [0.4, 0.5) is 5.69 Å². The predicted octanol–water partition coefficient (Wildman–Crippen LogP) is 3.32. The molecule has 0 aliphatic rings. The number of sulfonamides is 1. The first-order valence-corrected chi connectivity index (χ1v) is 9.33. The molecule has 0 aromatic heterocycles. The standard InChI is InChI=1S/C16H16Cl2N2O3S/c1-12(21)20(14-6-4-5-13(17)11-14)10-9-19-24(22,23)16-8-3-2-7-15(16)18/h2-8,11,19H,9-10H2,1H3. The van der Waals surface area contributed by atoms with Crippen molar-refractivity contribution in [1.29, 1.82) is 0 Å². The van der Waals surface area contributed by atoms with Crippen LogP contribution in [0, 0.1) is 0 Å². The molecule has 0 saturated carbocycles. The number of rotatable bonds is 6. The number of amides is 1. The first kappa shape index (κ1) is 18.7. The summed E-state index contributed by atoms with van der Waals surface area (Å²) in [4.78, 5) is 13.3. The molecule has 0 aliphatic heterocycles. The van der Waals surface area contributed by atoms with Crippen LogP contribution in [0.5, 0.6) is 0 Å². The maximum Gasteiger partial charge on any atom is 0.242 e.